The van der Waals surface area contributed by atoms with Gasteiger partial charge in [0.05, 0.1) is 23.3 Å². The van der Waals surface area contributed by atoms with Crippen LogP contribution in [0.15, 0.2) is 12.1 Å². The standard InChI is InChI=1S/C17H22Cl2N2O3/c18-13-1-2-14(22)16(17(13)19)11-3-4-20-12(9-11)10-15(23)21-5-7-24-8-6-21/h1-2,11-12,20,22H,3-10H2. The monoisotopic (exact) mass is 372 g/mol. The van der Waals surface area contributed by atoms with E-state index in [-0.39, 0.29) is 23.6 Å². The molecule has 24 heavy (non-hydrogen) atoms. The van der Waals surface area contributed by atoms with Crippen LogP contribution in [0.3, 0.4) is 0 Å². The molecule has 2 aliphatic rings. The largest absolute Gasteiger partial charge is 0.508 e. The van der Waals surface area contributed by atoms with Crippen LogP contribution in [-0.4, -0.2) is 54.8 Å². The van der Waals surface area contributed by atoms with Gasteiger partial charge in [-0.3, -0.25) is 4.79 Å². The van der Waals surface area contributed by atoms with E-state index in [1.54, 1.807) is 12.1 Å². The van der Waals surface area contributed by atoms with E-state index >= 15 is 0 Å². The van der Waals surface area contributed by atoms with Gasteiger partial charge < -0.3 is 20.1 Å². The van der Waals surface area contributed by atoms with Crippen LogP contribution >= 0.6 is 23.2 Å². The Hall–Kier alpha value is -1.01. The third-order valence-corrected chi connectivity index (χ3v) is 5.62. The molecule has 3 rings (SSSR count). The maximum absolute atomic E-state index is 12.4. The lowest BCUT2D eigenvalue weighted by atomic mass is 9.84. The van der Waals surface area contributed by atoms with Crippen LogP contribution in [0, 0.1) is 0 Å². The van der Waals surface area contributed by atoms with Crippen LogP contribution in [0.4, 0.5) is 0 Å². The van der Waals surface area contributed by atoms with E-state index in [9.17, 15) is 9.90 Å². The first-order valence-electron chi connectivity index (χ1n) is 8.32. The quantitative estimate of drug-likeness (QED) is 0.856. The third kappa shape index (κ3) is 3.97. The van der Waals surface area contributed by atoms with Gasteiger partial charge in [0, 0.05) is 31.1 Å². The highest BCUT2D eigenvalue weighted by Gasteiger charge is 2.29. The SMILES string of the molecule is O=C(CC1CC(c2c(O)ccc(Cl)c2Cl)CCN1)N1CCOCC1. The molecule has 1 amide bonds. The lowest BCUT2D eigenvalue weighted by Crippen LogP contribution is -2.45. The van der Waals surface area contributed by atoms with Crippen LogP contribution in [0.1, 0.15) is 30.7 Å². The summed E-state index contributed by atoms with van der Waals surface area (Å²) in [5.74, 6) is 0.423. The summed E-state index contributed by atoms with van der Waals surface area (Å²) in [6.45, 7) is 3.33. The van der Waals surface area contributed by atoms with E-state index in [1.807, 2.05) is 4.90 Å². The van der Waals surface area contributed by atoms with Gasteiger partial charge in [0.15, 0.2) is 0 Å². The highest BCUT2D eigenvalue weighted by molar-refractivity contribution is 6.42. The Labute approximate surface area is 151 Å². The normalized spacial score (nSPS) is 24.8. The van der Waals surface area contributed by atoms with Crippen molar-refractivity contribution in [2.24, 2.45) is 0 Å². The van der Waals surface area contributed by atoms with Crippen LogP contribution in [0.2, 0.25) is 10.0 Å². The summed E-state index contributed by atoms with van der Waals surface area (Å²) in [7, 11) is 0. The summed E-state index contributed by atoms with van der Waals surface area (Å²) in [6, 6.07) is 3.26. The molecule has 132 valence electrons. The number of aromatic hydroxyl groups is 1. The summed E-state index contributed by atoms with van der Waals surface area (Å²) in [5.41, 5.74) is 0.703. The number of amides is 1. The molecule has 2 fully saturated rings. The molecule has 2 N–H and O–H groups in total. The molecule has 1 aromatic carbocycles. The molecule has 5 nitrogen and oxygen atoms in total. The Bertz CT molecular complexity index is 606. The molecule has 0 bridgehead atoms. The second-order valence-electron chi connectivity index (χ2n) is 6.36. The highest BCUT2D eigenvalue weighted by Crippen LogP contribution is 2.41. The number of benzene rings is 1. The number of piperidine rings is 1. The van der Waals surface area contributed by atoms with Crippen molar-refractivity contribution in [3.8, 4) is 5.75 Å². The zero-order chi connectivity index (χ0) is 17.1. The zero-order valence-corrected chi connectivity index (χ0v) is 14.9. The number of halogens is 2. The van der Waals surface area contributed by atoms with Crippen LogP contribution in [0.25, 0.3) is 0 Å². The van der Waals surface area contributed by atoms with E-state index in [0.717, 1.165) is 19.4 Å². The Morgan fingerprint density at radius 3 is 2.83 bits per heavy atom. The van der Waals surface area contributed by atoms with Gasteiger partial charge in [0.2, 0.25) is 5.91 Å². The number of hydrogen-bond donors (Lipinski definition) is 2. The summed E-state index contributed by atoms with van der Waals surface area (Å²) >= 11 is 12.4. The molecule has 0 saturated carbocycles. The van der Waals surface area contributed by atoms with E-state index in [1.165, 1.54) is 0 Å². The summed E-state index contributed by atoms with van der Waals surface area (Å²) in [5, 5.41) is 14.5. The Morgan fingerprint density at radius 2 is 2.08 bits per heavy atom. The van der Waals surface area contributed by atoms with Gasteiger partial charge in [0.1, 0.15) is 5.75 Å². The lowest BCUT2D eigenvalue weighted by molar-refractivity contribution is -0.135. The molecule has 2 atom stereocenters. The van der Waals surface area contributed by atoms with Gasteiger partial charge in [0.25, 0.3) is 0 Å². The van der Waals surface area contributed by atoms with Gasteiger partial charge in [-0.15, -0.1) is 0 Å². The minimum Gasteiger partial charge on any atom is -0.508 e. The average molecular weight is 373 g/mol. The lowest BCUT2D eigenvalue weighted by Gasteiger charge is -2.33. The number of phenolic OH excluding ortho intramolecular Hbond substituents is 1. The van der Waals surface area contributed by atoms with E-state index < -0.39 is 0 Å². The molecule has 0 radical (unpaired) electrons. The van der Waals surface area contributed by atoms with Crippen LogP contribution in [-0.2, 0) is 9.53 Å². The topological polar surface area (TPSA) is 61.8 Å². The maximum Gasteiger partial charge on any atom is 0.224 e. The van der Waals surface area contributed by atoms with Crippen molar-refractivity contribution in [2.75, 3.05) is 32.8 Å². The maximum atomic E-state index is 12.4. The number of carbonyl (C=O) groups excluding carboxylic acids is 1. The van der Waals surface area contributed by atoms with Crippen molar-refractivity contribution in [3.05, 3.63) is 27.7 Å². The summed E-state index contributed by atoms with van der Waals surface area (Å²) in [6.07, 6.45) is 2.06. The number of rotatable bonds is 3. The second kappa shape index (κ2) is 7.91. The molecule has 2 heterocycles. The van der Waals surface area contributed by atoms with Gasteiger partial charge in [-0.2, -0.15) is 0 Å². The Kier molecular flexibility index (Phi) is 5.87. The van der Waals surface area contributed by atoms with Crippen LogP contribution in [0.5, 0.6) is 5.75 Å². The van der Waals surface area contributed by atoms with E-state index in [2.05, 4.69) is 5.32 Å². The number of hydrogen-bond acceptors (Lipinski definition) is 4. The summed E-state index contributed by atoms with van der Waals surface area (Å²) < 4.78 is 5.29. The fourth-order valence-electron chi connectivity index (χ4n) is 3.52. The predicted molar refractivity (Wildman–Crippen MR) is 93.9 cm³/mol. The van der Waals surface area contributed by atoms with E-state index in [4.69, 9.17) is 27.9 Å². The van der Waals surface area contributed by atoms with Crippen molar-refractivity contribution >= 4 is 29.1 Å². The number of ether oxygens (including phenoxy) is 1. The fourth-order valence-corrected chi connectivity index (χ4v) is 4.00. The van der Waals surface area contributed by atoms with Crippen molar-refractivity contribution in [1.82, 2.24) is 10.2 Å². The fraction of sp³-hybridized carbons (Fsp3) is 0.588. The number of phenols is 1. The van der Waals surface area contributed by atoms with Gasteiger partial charge >= 0.3 is 0 Å². The first kappa shape index (κ1) is 17.8. The Morgan fingerprint density at radius 1 is 1.33 bits per heavy atom. The van der Waals surface area contributed by atoms with Gasteiger partial charge in [-0.05, 0) is 37.4 Å². The molecular weight excluding hydrogens is 351 g/mol. The molecule has 2 saturated heterocycles. The van der Waals surface area contributed by atoms with Crippen molar-refractivity contribution in [2.45, 2.75) is 31.2 Å². The average Bonchev–Trinajstić information content (AvgIpc) is 2.60. The zero-order valence-electron chi connectivity index (χ0n) is 13.4. The number of nitrogens with zero attached hydrogens (tertiary/aromatic N) is 1. The summed E-state index contributed by atoms with van der Waals surface area (Å²) in [4.78, 5) is 14.3. The number of carbonyl (C=O) groups is 1. The third-order valence-electron chi connectivity index (χ3n) is 4.80. The highest BCUT2D eigenvalue weighted by atomic mass is 35.5. The molecule has 0 aromatic heterocycles. The number of nitrogens with one attached hydrogen (secondary N) is 1. The van der Waals surface area contributed by atoms with Crippen molar-refractivity contribution < 1.29 is 14.6 Å². The smallest absolute Gasteiger partial charge is 0.224 e. The second-order valence-corrected chi connectivity index (χ2v) is 7.15. The molecule has 2 unspecified atom stereocenters. The van der Waals surface area contributed by atoms with Gasteiger partial charge in [-0.1, -0.05) is 23.2 Å². The molecular formula is C17H22Cl2N2O3. The van der Waals surface area contributed by atoms with Crippen molar-refractivity contribution in [1.29, 1.82) is 0 Å². The van der Waals surface area contributed by atoms with E-state index in [0.29, 0.717) is 48.3 Å². The number of morpholine rings is 1. The van der Waals surface area contributed by atoms with Crippen molar-refractivity contribution in [3.63, 3.8) is 0 Å². The molecule has 7 heteroatoms. The first-order chi connectivity index (χ1) is 11.6. The van der Waals surface area contributed by atoms with Crippen LogP contribution < -0.4 is 5.32 Å². The molecule has 0 spiro atoms. The molecule has 2 aliphatic heterocycles. The minimum absolute atomic E-state index is 0.0774. The first-order valence-corrected chi connectivity index (χ1v) is 9.07. The Balaban J connectivity index is 1.66. The molecule has 1 aromatic rings. The minimum atomic E-state index is 0.0774. The molecule has 0 aliphatic carbocycles. The van der Waals surface area contributed by atoms with Gasteiger partial charge in [-0.25, -0.2) is 0 Å². The predicted octanol–water partition coefficient (Wildman–Crippen LogP) is 2.78.